The summed E-state index contributed by atoms with van der Waals surface area (Å²) in [5.74, 6) is 1.50. The van der Waals surface area contributed by atoms with Crippen molar-refractivity contribution in [3.05, 3.63) is 60.2 Å². The maximum Gasteiger partial charge on any atom is 0.239 e. The van der Waals surface area contributed by atoms with E-state index in [0.29, 0.717) is 31.1 Å². The number of amides is 1. The standard InChI is InChI=1S/C23H23N7O2/c1-15-19-9-17(20-11-24-12-21(27-20)29-8-7-25-22(31)14-29)10-26-23(19)30(28-15)13-16-3-5-18(32-2)6-4-16/h3-6,9-12H,7-8,13-14H2,1-2H3,(H,25,31). The lowest BCUT2D eigenvalue weighted by atomic mass is 10.1. The van der Waals surface area contributed by atoms with E-state index in [1.54, 1.807) is 25.7 Å². The first-order valence-electron chi connectivity index (χ1n) is 10.4. The molecule has 4 aromatic rings. The second-order valence-corrected chi connectivity index (χ2v) is 7.72. The molecule has 0 aliphatic carbocycles. The van der Waals surface area contributed by atoms with Crippen molar-refractivity contribution < 1.29 is 9.53 Å². The van der Waals surface area contributed by atoms with Crippen LogP contribution in [0, 0.1) is 6.92 Å². The smallest absolute Gasteiger partial charge is 0.239 e. The van der Waals surface area contributed by atoms with Gasteiger partial charge in [0.05, 0.1) is 44.0 Å². The summed E-state index contributed by atoms with van der Waals surface area (Å²) >= 11 is 0. The van der Waals surface area contributed by atoms with E-state index < -0.39 is 0 Å². The molecule has 0 atom stereocenters. The minimum atomic E-state index is -0.00793. The molecule has 0 radical (unpaired) electrons. The van der Waals surface area contributed by atoms with Crippen LogP contribution in [0.1, 0.15) is 11.3 Å². The molecular formula is C23H23N7O2. The highest BCUT2D eigenvalue weighted by molar-refractivity contribution is 5.84. The van der Waals surface area contributed by atoms with Crippen molar-refractivity contribution in [2.45, 2.75) is 13.5 Å². The van der Waals surface area contributed by atoms with Crippen LogP contribution in [0.15, 0.2) is 48.9 Å². The average Bonchev–Trinajstić information content (AvgIpc) is 3.14. The molecule has 9 nitrogen and oxygen atoms in total. The Morgan fingerprint density at radius 2 is 2.00 bits per heavy atom. The minimum Gasteiger partial charge on any atom is -0.497 e. The van der Waals surface area contributed by atoms with Gasteiger partial charge in [-0.05, 0) is 30.7 Å². The summed E-state index contributed by atoms with van der Waals surface area (Å²) in [6, 6.07) is 9.98. The first-order valence-corrected chi connectivity index (χ1v) is 10.4. The number of rotatable bonds is 5. The fraction of sp³-hybridized carbons (Fsp3) is 0.261. The van der Waals surface area contributed by atoms with Crippen LogP contribution in [-0.2, 0) is 11.3 Å². The molecule has 1 amide bonds. The first-order chi connectivity index (χ1) is 15.6. The highest BCUT2D eigenvalue weighted by Gasteiger charge is 2.19. The Morgan fingerprint density at radius 1 is 1.16 bits per heavy atom. The van der Waals surface area contributed by atoms with E-state index >= 15 is 0 Å². The fourth-order valence-corrected chi connectivity index (χ4v) is 3.85. The minimum absolute atomic E-state index is 0.00793. The number of aryl methyl sites for hydroxylation is 1. The van der Waals surface area contributed by atoms with Crippen molar-refractivity contribution in [2.75, 3.05) is 31.6 Å². The lowest BCUT2D eigenvalue weighted by Gasteiger charge is -2.27. The van der Waals surface area contributed by atoms with Crippen LogP contribution in [0.3, 0.4) is 0 Å². The molecule has 0 saturated carbocycles. The molecule has 5 rings (SSSR count). The molecular weight excluding hydrogens is 406 g/mol. The molecule has 0 spiro atoms. The number of fused-ring (bicyclic) bond motifs is 1. The van der Waals surface area contributed by atoms with Crippen LogP contribution in [-0.4, -0.2) is 57.4 Å². The predicted molar refractivity (Wildman–Crippen MR) is 121 cm³/mol. The molecule has 0 unspecified atom stereocenters. The number of aromatic nitrogens is 5. The Hall–Kier alpha value is -4.01. The predicted octanol–water partition coefficient (Wildman–Crippen LogP) is 2.19. The summed E-state index contributed by atoms with van der Waals surface area (Å²) in [7, 11) is 1.66. The lowest BCUT2D eigenvalue weighted by Crippen LogP contribution is -2.48. The molecule has 4 heterocycles. The maximum absolute atomic E-state index is 11.7. The van der Waals surface area contributed by atoms with Gasteiger partial charge in [-0.25, -0.2) is 14.6 Å². The van der Waals surface area contributed by atoms with Crippen molar-refractivity contribution >= 4 is 22.8 Å². The zero-order valence-corrected chi connectivity index (χ0v) is 17.9. The second-order valence-electron chi connectivity index (χ2n) is 7.72. The van der Waals surface area contributed by atoms with Gasteiger partial charge in [0.15, 0.2) is 5.65 Å². The van der Waals surface area contributed by atoms with Gasteiger partial charge in [0.1, 0.15) is 11.6 Å². The number of pyridine rings is 1. The Kier molecular flexibility index (Phi) is 5.14. The summed E-state index contributed by atoms with van der Waals surface area (Å²) in [6.45, 7) is 4.19. The van der Waals surface area contributed by atoms with Crippen LogP contribution in [0.2, 0.25) is 0 Å². The topological polar surface area (TPSA) is 98.1 Å². The van der Waals surface area contributed by atoms with Crippen LogP contribution in [0.25, 0.3) is 22.3 Å². The number of benzene rings is 1. The van der Waals surface area contributed by atoms with Gasteiger partial charge in [0.2, 0.25) is 5.91 Å². The van der Waals surface area contributed by atoms with E-state index in [1.807, 2.05) is 46.8 Å². The third kappa shape index (κ3) is 3.84. The highest BCUT2D eigenvalue weighted by Crippen LogP contribution is 2.25. The number of carbonyl (C=O) groups is 1. The molecule has 3 aromatic heterocycles. The van der Waals surface area contributed by atoms with Gasteiger partial charge in [-0.3, -0.25) is 9.78 Å². The maximum atomic E-state index is 11.7. The van der Waals surface area contributed by atoms with E-state index in [4.69, 9.17) is 19.8 Å². The Bertz CT molecular complexity index is 1280. The molecule has 1 saturated heterocycles. The Morgan fingerprint density at radius 3 is 2.78 bits per heavy atom. The van der Waals surface area contributed by atoms with Gasteiger partial charge in [0, 0.05) is 30.2 Å². The molecule has 0 bridgehead atoms. The number of nitrogens with one attached hydrogen (secondary N) is 1. The van der Waals surface area contributed by atoms with Crippen LogP contribution < -0.4 is 15.0 Å². The summed E-state index contributed by atoms with van der Waals surface area (Å²) in [5, 5.41) is 8.49. The monoisotopic (exact) mass is 429 g/mol. The van der Waals surface area contributed by atoms with Crippen molar-refractivity contribution in [1.82, 2.24) is 30.0 Å². The van der Waals surface area contributed by atoms with Crippen molar-refractivity contribution in [2.24, 2.45) is 0 Å². The quantitative estimate of drug-likeness (QED) is 0.519. The molecule has 1 aliphatic heterocycles. The zero-order valence-electron chi connectivity index (χ0n) is 17.9. The molecule has 9 heteroatoms. The Balaban J connectivity index is 1.44. The van der Waals surface area contributed by atoms with E-state index in [2.05, 4.69) is 10.3 Å². The van der Waals surface area contributed by atoms with Crippen molar-refractivity contribution in [1.29, 1.82) is 0 Å². The number of carbonyl (C=O) groups excluding carboxylic acids is 1. The van der Waals surface area contributed by atoms with Gasteiger partial charge in [-0.2, -0.15) is 5.10 Å². The van der Waals surface area contributed by atoms with Crippen molar-refractivity contribution in [3.63, 3.8) is 0 Å². The third-order valence-electron chi connectivity index (χ3n) is 5.54. The van der Waals surface area contributed by atoms with Gasteiger partial charge in [0.25, 0.3) is 0 Å². The summed E-state index contributed by atoms with van der Waals surface area (Å²) in [4.78, 5) is 27.4. The number of ether oxygens (including phenoxy) is 1. The number of hydrogen-bond acceptors (Lipinski definition) is 7. The Labute approximate surface area is 185 Å². The molecule has 32 heavy (non-hydrogen) atoms. The lowest BCUT2D eigenvalue weighted by molar-refractivity contribution is -0.120. The van der Waals surface area contributed by atoms with E-state index in [0.717, 1.165) is 33.6 Å². The van der Waals surface area contributed by atoms with Crippen molar-refractivity contribution in [3.8, 4) is 17.0 Å². The van der Waals surface area contributed by atoms with Gasteiger partial charge >= 0.3 is 0 Å². The normalized spacial score (nSPS) is 13.9. The van der Waals surface area contributed by atoms with Crippen LogP contribution >= 0.6 is 0 Å². The molecule has 1 aromatic carbocycles. The highest BCUT2D eigenvalue weighted by atomic mass is 16.5. The van der Waals surface area contributed by atoms with E-state index in [9.17, 15) is 4.79 Å². The molecule has 1 fully saturated rings. The SMILES string of the molecule is COc1ccc(Cn2nc(C)c3cc(-c4cncc(N5CCNC(=O)C5)n4)cnc32)cc1. The summed E-state index contributed by atoms with van der Waals surface area (Å²) in [6.07, 6.45) is 5.20. The number of methoxy groups -OCH3 is 1. The fourth-order valence-electron chi connectivity index (χ4n) is 3.85. The van der Waals surface area contributed by atoms with Gasteiger partial charge < -0.3 is 15.0 Å². The van der Waals surface area contributed by atoms with Gasteiger partial charge in [-0.15, -0.1) is 0 Å². The van der Waals surface area contributed by atoms with E-state index in [1.165, 1.54) is 0 Å². The number of nitrogens with zero attached hydrogens (tertiary/aromatic N) is 6. The number of piperazine rings is 1. The second kappa shape index (κ2) is 8.26. The third-order valence-corrected chi connectivity index (χ3v) is 5.54. The average molecular weight is 429 g/mol. The molecule has 1 N–H and O–H groups in total. The zero-order chi connectivity index (χ0) is 22.1. The number of anilines is 1. The first kappa shape index (κ1) is 19.9. The number of hydrogen-bond donors (Lipinski definition) is 1. The van der Waals surface area contributed by atoms with Gasteiger partial charge in [-0.1, -0.05) is 12.1 Å². The largest absolute Gasteiger partial charge is 0.497 e. The van der Waals surface area contributed by atoms with E-state index in [-0.39, 0.29) is 12.5 Å². The summed E-state index contributed by atoms with van der Waals surface area (Å²) < 4.78 is 7.14. The molecule has 1 aliphatic rings. The van der Waals surface area contributed by atoms with Crippen LogP contribution in [0.4, 0.5) is 5.82 Å². The molecule has 162 valence electrons. The van der Waals surface area contributed by atoms with Crippen LogP contribution in [0.5, 0.6) is 5.75 Å². The summed E-state index contributed by atoms with van der Waals surface area (Å²) in [5.41, 5.74) is 4.41.